The zero-order valence-corrected chi connectivity index (χ0v) is 11.1. The summed E-state index contributed by atoms with van der Waals surface area (Å²) < 4.78 is 11.1. The first-order valence-corrected chi connectivity index (χ1v) is 6.54. The fourth-order valence-electron chi connectivity index (χ4n) is 2.51. The molecule has 1 saturated heterocycles. The van der Waals surface area contributed by atoms with Crippen LogP contribution in [0.3, 0.4) is 0 Å². The quantitative estimate of drug-likeness (QED) is 0.679. The summed E-state index contributed by atoms with van der Waals surface area (Å²) in [5, 5.41) is 3.54. The highest BCUT2D eigenvalue weighted by molar-refractivity contribution is 4.85. The van der Waals surface area contributed by atoms with E-state index in [1.807, 2.05) is 0 Å². The SMILES string of the molecule is CCCNCC1(CC(C)OC)CCCOC1. The maximum absolute atomic E-state index is 5.67. The van der Waals surface area contributed by atoms with E-state index in [-0.39, 0.29) is 0 Å². The van der Waals surface area contributed by atoms with Crippen molar-refractivity contribution in [2.24, 2.45) is 5.41 Å². The van der Waals surface area contributed by atoms with Gasteiger partial charge in [-0.25, -0.2) is 0 Å². The minimum atomic E-state index is 0.294. The van der Waals surface area contributed by atoms with E-state index >= 15 is 0 Å². The molecular weight excluding hydrogens is 202 g/mol. The summed E-state index contributed by atoms with van der Waals surface area (Å²) >= 11 is 0. The normalized spacial score (nSPS) is 27.9. The van der Waals surface area contributed by atoms with Crippen molar-refractivity contribution < 1.29 is 9.47 Å². The van der Waals surface area contributed by atoms with Crippen molar-refractivity contribution >= 4 is 0 Å². The first kappa shape index (κ1) is 13.9. The van der Waals surface area contributed by atoms with Crippen LogP contribution in [0.4, 0.5) is 0 Å². The molecule has 1 aliphatic rings. The molecule has 0 bridgehead atoms. The van der Waals surface area contributed by atoms with Gasteiger partial charge in [0.1, 0.15) is 0 Å². The van der Waals surface area contributed by atoms with E-state index in [0.717, 1.165) is 32.7 Å². The molecule has 2 unspecified atom stereocenters. The van der Waals surface area contributed by atoms with Gasteiger partial charge in [-0.2, -0.15) is 0 Å². The van der Waals surface area contributed by atoms with Gasteiger partial charge in [0.05, 0.1) is 12.7 Å². The second kappa shape index (κ2) is 7.25. The van der Waals surface area contributed by atoms with Crippen LogP contribution in [0.5, 0.6) is 0 Å². The fraction of sp³-hybridized carbons (Fsp3) is 1.00. The number of methoxy groups -OCH3 is 1. The van der Waals surface area contributed by atoms with Crippen LogP contribution in [0, 0.1) is 5.41 Å². The Bertz CT molecular complexity index is 179. The molecule has 2 atom stereocenters. The van der Waals surface area contributed by atoms with E-state index in [2.05, 4.69) is 19.2 Å². The molecule has 0 aromatic carbocycles. The molecule has 1 rings (SSSR count). The van der Waals surface area contributed by atoms with Gasteiger partial charge >= 0.3 is 0 Å². The van der Waals surface area contributed by atoms with E-state index in [9.17, 15) is 0 Å². The van der Waals surface area contributed by atoms with E-state index < -0.39 is 0 Å². The molecule has 0 radical (unpaired) electrons. The van der Waals surface area contributed by atoms with Gasteiger partial charge in [0.25, 0.3) is 0 Å². The van der Waals surface area contributed by atoms with Crippen molar-refractivity contribution in [2.45, 2.75) is 45.6 Å². The highest BCUT2D eigenvalue weighted by Crippen LogP contribution is 2.33. The second-order valence-electron chi connectivity index (χ2n) is 5.08. The third-order valence-electron chi connectivity index (χ3n) is 3.45. The van der Waals surface area contributed by atoms with E-state index in [0.29, 0.717) is 11.5 Å². The number of rotatable bonds is 7. The van der Waals surface area contributed by atoms with Crippen LogP contribution in [0.1, 0.15) is 39.5 Å². The number of nitrogens with one attached hydrogen (secondary N) is 1. The molecule has 0 spiro atoms. The van der Waals surface area contributed by atoms with Crippen molar-refractivity contribution in [1.29, 1.82) is 0 Å². The van der Waals surface area contributed by atoms with Crippen LogP contribution in [0.25, 0.3) is 0 Å². The predicted molar refractivity (Wildman–Crippen MR) is 66.7 cm³/mol. The average molecular weight is 229 g/mol. The third kappa shape index (κ3) is 4.40. The van der Waals surface area contributed by atoms with Crippen LogP contribution < -0.4 is 5.32 Å². The van der Waals surface area contributed by atoms with E-state index in [1.165, 1.54) is 19.3 Å². The molecule has 16 heavy (non-hydrogen) atoms. The molecule has 3 nitrogen and oxygen atoms in total. The Morgan fingerprint density at radius 3 is 2.88 bits per heavy atom. The minimum absolute atomic E-state index is 0.294. The third-order valence-corrected chi connectivity index (χ3v) is 3.45. The van der Waals surface area contributed by atoms with Crippen LogP contribution >= 0.6 is 0 Å². The van der Waals surface area contributed by atoms with Gasteiger partial charge in [0.15, 0.2) is 0 Å². The highest BCUT2D eigenvalue weighted by Gasteiger charge is 2.34. The Morgan fingerprint density at radius 1 is 1.50 bits per heavy atom. The van der Waals surface area contributed by atoms with Crippen LogP contribution in [0.15, 0.2) is 0 Å². The molecule has 0 saturated carbocycles. The van der Waals surface area contributed by atoms with E-state index in [1.54, 1.807) is 7.11 Å². The minimum Gasteiger partial charge on any atom is -0.382 e. The lowest BCUT2D eigenvalue weighted by Gasteiger charge is -2.39. The van der Waals surface area contributed by atoms with Gasteiger partial charge < -0.3 is 14.8 Å². The topological polar surface area (TPSA) is 30.5 Å². The first-order valence-electron chi connectivity index (χ1n) is 6.54. The zero-order chi connectivity index (χ0) is 11.9. The Hall–Kier alpha value is -0.120. The van der Waals surface area contributed by atoms with Crippen LogP contribution in [-0.4, -0.2) is 39.5 Å². The number of hydrogen-bond donors (Lipinski definition) is 1. The Kier molecular flexibility index (Phi) is 6.32. The zero-order valence-electron chi connectivity index (χ0n) is 11.1. The van der Waals surface area contributed by atoms with Crippen molar-refractivity contribution in [2.75, 3.05) is 33.4 Å². The average Bonchev–Trinajstić information content (AvgIpc) is 2.30. The standard InChI is InChI=1S/C13H27NO2/c1-4-7-14-10-13(9-12(2)15-3)6-5-8-16-11-13/h12,14H,4-11H2,1-3H3. The Morgan fingerprint density at radius 2 is 2.31 bits per heavy atom. The van der Waals surface area contributed by atoms with Crippen LogP contribution in [-0.2, 0) is 9.47 Å². The largest absolute Gasteiger partial charge is 0.382 e. The highest BCUT2D eigenvalue weighted by atomic mass is 16.5. The summed E-state index contributed by atoms with van der Waals surface area (Å²) in [6, 6.07) is 0. The summed E-state index contributed by atoms with van der Waals surface area (Å²) in [6.45, 7) is 8.33. The monoisotopic (exact) mass is 229 g/mol. The van der Waals surface area contributed by atoms with Crippen LogP contribution in [0.2, 0.25) is 0 Å². The van der Waals surface area contributed by atoms with Gasteiger partial charge in [0.2, 0.25) is 0 Å². The number of hydrogen-bond acceptors (Lipinski definition) is 3. The summed E-state index contributed by atoms with van der Waals surface area (Å²) in [4.78, 5) is 0. The van der Waals surface area contributed by atoms with Crippen molar-refractivity contribution in [3.05, 3.63) is 0 Å². The summed E-state index contributed by atoms with van der Waals surface area (Å²) in [5.74, 6) is 0. The molecule has 3 heteroatoms. The molecule has 0 aliphatic carbocycles. The lowest BCUT2D eigenvalue weighted by molar-refractivity contribution is -0.0386. The maximum Gasteiger partial charge on any atom is 0.0549 e. The molecule has 96 valence electrons. The predicted octanol–water partition coefficient (Wildman–Crippen LogP) is 2.21. The van der Waals surface area contributed by atoms with Gasteiger partial charge in [-0.15, -0.1) is 0 Å². The molecule has 1 N–H and O–H groups in total. The summed E-state index contributed by atoms with van der Waals surface area (Å²) in [5.41, 5.74) is 0.294. The van der Waals surface area contributed by atoms with Gasteiger partial charge in [-0.05, 0) is 39.2 Å². The Labute approximate surface area is 99.9 Å². The van der Waals surface area contributed by atoms with Gasteiger partial charge in [0, 0.05) is 25.7 Å². The van der Waals surface area contributed by atoms with Crippen molar-refractivity contribution in [3.63, 3.8) is 0 Å². The summed E-state index contributed by atoms with van der Waals surface area (Å²) in [6.07, 6.45) is 5.06. The fourth-order valence-corrected chi connectivity index (χ4v) is 2.51. The molecule has 0 aromatic heterocycles. The molecule has 1 heterocycles. The van der Waals surface area contributed by atoms with E-state index in [4.69, 9.17) is 9.47 Å². The van der Waals surface area contributed by atoms with Gasteiger partial charge in [-0.3, -0.25) is 0 Å². The lowest BCUT2D eigenvalue weighted by Crippen LogP contribution is -2.43. The van der Waals surface area contributed by atoms with Crippen molar-refractivity contribution in [3.8, 4) is 0 Å². The molecule has 1 aliphatic heterocycles. The van der Waals surface area contributed by atoms with Gasteiger partial charge in [-0.1, -0.05) is 6.92 Å². The molecular formula is C13H27NO2. The number of ether oxygens (including phenoxy) is 2. The maximum atomic E-state index is 5.67. The first-order chi connectivity index (χ1) is 7.72. The lowest BCUT2D eigenvalue weighted by atomic mass is 9.77. The second-order valence-corrected chi connectivity index (χ2v) is 5.08. The van der Waals surface area contributed by atoms with Crippen molar-refractivity contribution in [1.82, 2.24) is 5.32 Å². The Balaban J connectivity index is 2.45. The smallest absolute Gasteiger partial charge is 0.0549 e. The molecule has 1 fully saturated rings. The molecule has 0 aromatic rings. The summed E-state index contributed by atoms with van der Waals surface area (Å²) in [7, 11) is 1.79. The molecule has 0 amide bonds.